The van der Waals surface area contributed by atoms with Gasteiger partial charge in [0.05, 0.1) is 23.2 Å². The summed E-state index contributed by atoms with van der Waals surface area (Å²) in [5.41, 5.74) is 1.34. The van der Waals surface area contributed by atoms with Crippen LogP contribution in [0.2, 0.25) is 0 Å². The van der Waals surface area contributed by atoms with Gasteiger partial charge in [-0.25, -0.2) is 5.06 Å². The van der Waals surface area contributed by atoms with Gasteiger partial charge in [-0.15, -0.1) is 0 Å². The molecular weight excluding hydrogens is 370 g/mol. The van der Waals surface area contributed by atoms with Crippen molar-refractivity contribution in [2.24, 2.45) is 5.92 Å². The fourth-order valence-corrected chi connectivity index (χ4v) is 3.62. The number of esters is 1. The average Bonchev–Trinajstić information content (AvgIpc) is 3.14. The van der Waals surface area contributed by atoms with E-state index in [4.69, 9.17) is 14.0 Å². The molecule has 0 radical (unpaired) electrons. The second kappa shape index (κ2) is 7.83. The highest BCUT2D eigenvalue weighted by Gasteiger charge is 2.48. The molecule has 2 heterocycles. The van der Waals surface area contributed by atoms with E-state index < -0.39 is 17.9 Å². The Morgan fingerprint density at radius 2 is 1.86 bits per heavy atom. The molecule has 1 fully saturated rings. The Morgan fingerprint density at radius 3 is 2.59 bits per heavy atom. The molecule has 0 saturated carbocycles. The van der Waals surface area contributed by atoms with Crippen molar-refractivity contribution >= 4 is 22.6 Å². The van der Waals surface area contributed by atoms with E-state index in [0.29, 0.717) is 22.3 Å². The van der Waals surface area contributed by atoms with Crippen molar-refractivity contribution in [2.45, 2.75) is 19.9 Å². The van der Waals surface area contributed by atoms with Gasteiger partial charge >= 0.3 is 5.97 Å². The minimum atomic E-state index is -0.788. The van der Waals surface area contributed by atoms with E-state index in [9.17, 15) is 9.59 Å². The summed E-state index contributed by atoms with van der Waals surface area (Å²) in [4.78, 5) is 32.2. The standard InChI is InChI=1S/C23H21NO5/c1-3-18-20(23(26)27-4-2)21(24(29-18)15-10-6-5-7-11-15)17-14-28-19-13-9-8-12-16(19)22(17)25/h3,5-14,20-21H,4H2,1-2H3/b18-3+. The molecule has 1 aliphatic rings. The van der Waals surface area contributed by atoms with Crippen LogP contribution in [-0.2, 0) is 14.4 Å². The summed E-state index contributed by atoms with van der Waals surface area (Å²) in [6, 6.07) is 15.7. The molecule has 1 aromatic heterocycles. The average molecular weight is 391 g/mol. The normalized spacial score (nSPS) is 20.1. The first-order chi connectivity index (χ1) is 14.2. The molecule has 0 N–H and O–H groups in total. The fourth-order valence-electron chi connectivity index (χ4n) is 3.62. The second-order valence-electron chi connectivity index (χ2n) is 6.63. The maximum absolute atomic E-state index is 13.3. The van der Waals surface area contributed by atoms with Crippen LogP contribution in [0.25, 0.3) is 11.0 Å². The zero-order valence-corrected chi connectivity index (χ0v) is 16.2. The van der Waals surface area contributed by atoms with E-state index in [1.807, 2.05) is 30.3 Å². The summed E-state index contributed by atoms with van der Waals surface area (Å²) < 4.78 is 11.0. The fraction of sp³-hybridized carbons (Fsp3) is 0.217. The number of nitrogens with zero attached hydrogens (tertiary/aromatic N) is 1. The third-order valence-electron chi connectivity index (χ3n) is 4.94. The van der Waals surface area contributed by atoms with Gasteiger partial charge in [-0.05, 0) is 44.2 Å². The molecule has 1 aliphatic heterocycles. The van der Waals surface area contributed by atoms with Gasteiger partial charge in [0.25, 0.3) is 0 Å². The number of ether oxygens (including phenoxy) is 1. The monoisotopic (exact) mass is 391 g/mol. The highest BCUT2D eigenvalue weighted by atomic mass is 16.7. The van der Waals surface area contributed by atoms with Gasteiger partial charge < -0.3 is 14.0 Å². The summed E-state index contributed by atoms with van der Waals surface area (Å²) in [5.74, 6) is -0.800. The molecule has 0 bridgehead atoms. The third kappa shape index (κ3) is 3.27. The predicted octanol–water partition coefficient (Wildman–Crippen LogP) is 4.37. The van der Waals surface area contributed by atoms with E-state index in [-0.39, 0.29) is 12.0 Å². The Kier molecular flexibility index (Phi) is 5.08. The molecule has 29 heavy (non-hydrogen) atoms. The summed E-state index contributed by atoms with van der Waals surface area (Å²) in [6.45, 7) is 3.77. The molecule has 0 amide bonds. The Morgan fingerprint density at radius 1 is 1.14 bits per heavy atom. The number of allylic oxidation sites excluding steroid dienone is 1. The van der Waals surface area contributed by atoms with Crippen LogP contribution in [0.15, 0.2) is 81.9 Å². The molecule has 2 unspecified atom stereocenters. The van der Waals surface area contributed by atoms with Crippen molar-refractivity contribution in [2.75, 3.05) is 11.7 Å². The van der Waals surface area contributed by atoms with Gasteiger partial charge in [-0.1, -0.05) is 30.3 Å². The number of hydroxylamine groups is 1. The van der Waals surface area contributed by atoms with E-state index in [1.165, 1.54) is 6.26 Å². The number of para-hydroxylation sites is 2. The van der Waals surface area contributed by atoms with Crippen LogP contribution in [0, 0.1) is 5.92 Å². The second-order valence-corrected chi connectivity index (χ2v) is 6.63. The molecular formula is C23H21NO5. The van der Waals surface area contributed by atoms with Crippen molar-refractivity contribution in [3.05, 3.63) is 88.5 Å². The largest absolute Gasteiger partial charge is 0.465 e. The molecule has 148 valence electrons. The summed E-state index contributed by atoms with van der Waals surface area (Å²) in [5, 5.41) is 2.03. The number of carbonyl (C=O) groups excluding carboxylic acids is 1. The molecule has 1 saturated heterocycles. The summed E-state index contributed by atoms with van der Waals surface area (Å²) in [6.07, 6.45) is 3.14. The minimum absolute atomic E-state index is 0.201. The van der Waals surface area contributed by atoms with Crippen molar-refractivity contribution < 1.29 is 18.8 Å². The van der Waals surface area contributed by atoms with E-state index in [1.54, 1.807) is 49.3 Å². The lowest BCUT2D eigenvalue weighted by atomic mass is 9.92. The topological polar surface area (TPSA) is 69.0 Å². The molecule has 3 aromatic rings. The van der Waals surface area contributed by atoms with Gasteiger partial charge in [-0.3, -0.25) is 9.59 Å². The van der Waals surface area contributed by atoms with E-state index in [0.717, 1.165) is 5.69 Å². The third-order valence-corrected chi connectivity index (χ3v) is 4.94. The van der Waals surface area contributed by atoms with Crippen molar-refractivity contribution in [3.8, 4) is 0 Å². The lowest BCUT2D eigenvalue weighted by Gasteiger charge is -2.25. The predicted molar refractivity (Wildman–Crippen MR) is 109 cm³/mol. The van der Waals surface area contributed by atoms with Crippen LogP contribution in [0.1, 0.15) is 25.5 Å². The van der Waals surface area contributed by atoms with Crippen LogP contribution in [0.3, 0.4) is 0 Å². The Balaban J connectivity index is 1.92. The molecule has 4 rings (SSSR count). The Bertz CT molecular complexity index is 1120. The molecule has 0 aliphatic carbocycles. The summed E-state index contributed by atoms with van der Waals surface area (Å²) in [7, 11) is 0. The first-order valence-corrected chi connectivity index (χ1v) is 9.51. The minimum Gasteiger partial charge on any atom is -0.465 e. The van der Waals surface area contributed by atoms with Gasteiger partial charge in [0.1, 0.15) is 29.6 Å². The molecule has 2 atom stereocenters. The zero-order chi connectivity index (χ0) is 20.4. The van der Waals surface area contributed by atoms with Crippen molar-refractivity contribution in [3.63, 3.8) is 0 Å². The first-order valence-electron chi connectivity index (χ1n) is 9.51. The molecule has 6 heteroatoms. The maximum atomic E-state index is 13.3. The van der Waals surface area contributed by atoms with Gasteiger partial charge in [-0.2, -0.15) is 0 Å². The van der Waals surface area contributed by atoms with Crippen LogP contribution in [0.5, 0.6) is 0 Å². The van der Waals surface area contributed by atoms with Crippen LogP contribution in [0.4, 0.5) is 5.69 Å². The van der Waals surface area contributed by atoms with Gasteiger partial charge in [0, 0.05) is 0 Å². The molecule has 0 spiro atoms. The van der Waals surface area contributed by atoms with Gasteiger partial charge in [0.2, 0.25) is 0 Å². The zero-order valence-electron chi connectivity index (χ0n) is 16.2. The quantitative estimate of drug-likeness (QED) is 0.615. The van der Waals surface area contributed by atoms with Crippen LogP contribution in [-0.4, -0.2) is 12.6 Å². The SMILES string of the molecule is C/C=C1/ON(c2ccccc2)C(c2coc3ccccc3c2=O)C1C(=O)OCC. The Labute approximate surface area is 167 Å². The highest BCUT2D eigenvalue weighted by Crippen LogP contribution is 2.44. The molecule has 2 aromatic carbocycles. The van der Waals surface area contributed by atoms with E-state index in [2.05, 4.69) is 0 Å². The number of carbonyl (C=O) groups is 1. The smallest absolute Gasteiger partial charge is 0.319 e. The number of fused-ring (bicyclic) bond motifs is 1. The lowest BCUT2D eigenvalue weighted by molar-refractivity contribution is -0.147. The molecule has 6 nitrogen and oxygen atoms in total. The number of hydrogen-bond donors (Lipinski definition) is 0. The highest BCUT2D eigenvalue weighted by molar-refractivity contribution is 5.80. The van der Waals surface area contributed by atoms with Gasteiger partial charge in [0.15, 0.2) is 5.43 Å². The van der Waals surface area contributed by atoms with Crippen molar-refractivity contribution in [1.29, 1.82) is 0 Å². The number of anilines is 1. The number of rotatable bonds is 4. The van der Waals surface area contributed by atoms with Crippen molar-refractivity contribution in [1.82, 2.24) is 0 Å². The first kappa shape index (κ1) is 18.8. The number of benzene rings is 2. The van der Waals surface area contributed by atoms with Crippen LogP contribution < -0.4 is 10.5 Å². The van der Waals surface area contributed by atoms with E-state index >= 15 is 0 Å². The van der Waals surface area contributed by atoms with Crippen LogP contribution >= 0.6 is 0 Å². The lowest BCUT2D eigenvalue weighted by Crippen LogP contribution is -2.32. The number of hydrogen-bond acceptors (Lipinski definition) is 6. The Hall–Kier alpha value is -3.54. The maximum Gasteiger partial charge on any atom is 0.319 e. The summed E-state index contributed by atoms with van der Waals surface area (Å²) >= 11 is 0.